The maximum absolute atomic E-state index is 15.1. The van der Waals surface area contributed by atoms with Crippen molar-refractivity contribution in [3.63, 3.8) is 0 Å². The summed E-state index contributed by atoms with van der Waals surface area (Å²) in [5, 5.41) is 0. The molecule has 37 heavy (non-hydrogen) atoms. The van der Waals surface area contributed by atoms with E-state index in [1.807, 2.05) is 18.2 Å². The number of benzene rings is 3. The molecule has 2 atom stereocenters. The predicted molar refractivity (Wildman–Crippen MR) is 143 cm³/mol. The van der Waals surface area contributed by atoms with Crippen LogP contribution < -0.4 is 4.74 Å². The molecule has 0 bridgehead atoms. The van der Waals surface area contributed by atoms with Crippen LogP contribution in [0.5, 0.6) is 5.75 Å². The molecule has 0 saturated carbocycles. The van der Waals surface area contributed by atoms with E-state index in [9.17, 15) is 8.78 Å². The highest BCUT2D eigenvalue weighted by Crippen LogP contribution is 2.35. The molecule has 0 aliphatic carbocycles. The van der Waals surface area contributed by atoms with Crippen LogP contribution in [0.1, 0.15) is 63.4 Å². The van der Waals surface area contributed by atoms with Crippen LogP contribution in [0.25, 0.3) is 22.3 Å². The normalized spacial score (nSPS) is 17.5. The third kappa shape index (κ3) is 6.64. The van der Waals surface area contributed by atoms with E-state index < -0.39 is 11.6 Å². The van der Waals surface area contributed by atoms with Crippen LogP contribution in [0.3, 0.4) is 0 Å². The van der Waals surface area contributed by atoms with Crippen molar-refractivity contribution in [3.8, 4) is 28.0 Å². The molecule has 1 saturated heterocycles. The summed E-state index contributed by atoms with van der Waals surface area (Å²) in [5.74, 6) is -2.18. The van der Waals surface area contributed by atoms with Gasteiger partial charge in [0.25, 0.3) is 0 Å². The van der Waals surface area contributed by atoms with Crippen LogP contribution in [0.2, 0.25) is 0 Å². The van der Waals surface area contributed by atoms with Crippen LogP contribution in [0, 0.1) is 17.5 Å². The molecule has 0 radical (unpaired) electrons. The zero-order valence-corrected chi connectivity index (χ0v) is 21.4. The van der Waals surface area contributed by atoms with E-state index in [0.29, 0.717) is 24.3 Å². The largest absolute Gasteiger partial charge is 0.490 e. The molecular weight excluding hydrogens is 473 g/mol. The lowest BCUT2D eigenvalue weighted by atomic mass is 9.89. The molecule has 2 unspecified atom stereocenters. The molecule has 1 aliphatic heterocycles. The summed E-state index contributed by atoms with van der Waals surface area (Å²) in [6.45, 7) is 6.71. The van der Waals surface area contributed by atoms with E-state index in [-0.39, 0.29) is 29.2 Å². The fourth-order valence-electron chi connectivity index (χ4n) is 4.86. The second kappa shape index (κ2) is 13.0. The summed E-state index contributed by atoms with van der Waals surface area (Å²) < 4.78 is 55.8. The van der Waals surface area contributed by atoms with Crippen molar-refractivity contribution in [3.05, 3.63) is 90.3 Å². The molecule has 0 amide bonds. The van der Waals surface area contributed by atoms with Crippen molar-refractivity contribution in [2.45, 2.75) is 63.9 Å². The molecular formula is C32H35F3O2. The van der Waals surface area contributed by atoms with Crippen LogP contribution in [-0.4, -0.2) is 19.3 Å². The van der Waals surface area contributed by atoms with Crippen LogP contribution in [0.15, 0.2) is 67.3 Å². The molecule has 1 heterocycles. The Balaban J connectivity index is 1.43. The molecule has 5 heteroatoms. The van der Waals surface area contributed by atoms with E-state index in [1.165, 1.54) is 12.1 Å². The van der Waals surface area contributed by atoms with Gasteiger partial charge in [-0.15, -0.1) is 6.58 Å². The highest BCUT2D eigenvalue weighted by atomic mass is 19.2. The maximum atomic E-state index is 15.1. The van der Waals surface area contributed by atoms with Crippen LogP contribution >= 0.6 is 0 Å². The fourth-order valence-corrected chi connectivity index (χ4v) is 4.86. The topological polar surface area (TPSA) is 18.5 Å². The van der Waals surface area contributed by atoms with Gasteiger partial charge in [0, 0.05) is 11.5 Å². The number of halogens is 3. The van der Waals surface area contributed by atoms with Crippen molar-refractivity contribution < 1.29 is 22.6 Å². The average molecular weight is 509 g/mol. The Kier molecular flexibility index (Phi) is 9.45. The smallest absolute Gasteiger partial charge is 0.201 e. The van der Waals surface area contributed by atoms with Gasteiger partial charge in [-0.2, -0.15) is 4.39 Å². The van der Waals surface area contributed by atoms with E-state index in [0.717, 1.165) is 56.1 Å². The van der Waals surface area contributed by atoms with Crippen molar-refractivity contribution >= 4 is 0 Å². The monoisotopic (exact) mass is 508 g/mol. The highest BCUT2D eigenvalue weighted by molar-refractivity contribution is 5.71. The Morgan fingerprint density at radius 2 is 1.68 bits per heavy atom. The average Bonchev–Trinajstić information content (AvgIpc) is 2.93. The molecule has 1 aliphatic rings. The molecule has 0 spiro atoms. The third-order valence-electron chi connectivity index (χ3n) is 7.08. The van der Waals surface area contributed by atoms with Gasteiger partial charge in [0.2, 0.25) is 5.82 Å². The Labute approximate surface area is 218 Å². The molecule has 0 aromatic heterocycles. The molecule has 4 rings (SSSR count). The predicted octanol–water partition coefficient (Wildman–Crippen LogP) is 9.24. The molecule has 1 fully saturated rings. The van der Waals surface area contributed by atoms with Crippen molar-refractivity contribution in [1.82, 2.24) is 0 Å². The molecule has 2 nitrogen and oxygen atoms in total. The first kappa shape index (κ1) is 27.0. The Hall–Kier alpha value is -3.05. The summed E-state index contributed by atoms with van der Waals surface area (Å²) >= 11 is 0. The molecule has 3 aromatic carbocycles. The van der Waals surface area contributed by atoms with Crippen molar-refractivity contribution in [2.75, 3.05) is 13.2 Å². The summed E-state index contributed by atoms with van der Waals surface area (Å²) in [7, 11) is 0. The van der Waals surface area contributed by atoms with Gasteiger partial charge in [-0.1, -0.05) is 62.2 Å². The summed E-state index contributed by atoms with van der Waals surface area (Å²) in [6.07, 6.45) is 8.64. The van der Waals surface area contributed by atoms with Gasteiger partial charge in [0.05, 0.1) is 19.3 Å². The van der Waals surface area contributed by atoms with Gasteiger partial charge in [-0.25, -0.2) is 8.78 Å². The fraction of sp³-hybridized carbons (Fsp3) is 0.375. The number of unbranched alkanes of at least 4 members (excludes halogenated alkanes) is 2. The first-order valence-electron chi connectivity index (χ1n) is 13.2. The van der Waals surface area contributed by atoms with Crippen molar-refractivity contribution in [2.24, 2.45) is 0 Å². The first-order chi connectivity index (χ1) is 18.0. The van der Waals surface area contributed by atoms with Gasteiger partial charge in [-0.05, 0) is 72.6 Å². The van der Waals surface area contributed by atoms with E-state index >= 15 is 4.39 Å². The van der Waals surface area contributed by atoms with Crippen LogP contribution in [0.4, 0.5) is 13.2 Å². The highest BCUT2D eigenvalue weighted by Gasteiger charge is 2.25. The number of rotatable bonds is 11. The Morgan fingerprint density at radius 1 is 0.919 bits per heavy atom. The van der Waals surface area contributed by atoms with Crippen molar-refractivity contribution in [1.29, 1.82) is 0 Å². The van der Waals surface area contributed by atoms with E-state index in [4.69, 9.17) is 9.47 Å². The van der Waals surface area contributed by atoms with E-state index in [2.05, 4.69) is 13.5 Å². The Bertz CT molecular complexity index is 1180. The van der Waals surface area contributed by atoms with Gasteiger partial charge in [0.15, 0.2) is 11.6 Å². The van der Waals surface area contributed by atoms with Crippen LogP contribution in [-0.2, 0) is 4.74 Å². The number of hydrogen-bond acceptors (Lipinski definition) is 2. The minimum atomic E-state index is -0.977. The quantitative estimate of drug-likeness (QED) is 0.190. The molecule has 3 aromatic rings. The first-order valence-corrected chi connectivity index (χ1v) is 13.2. The zero-order chi connectivity index (χ0) is 26.2. The lowest BCUT2D eigenvalue weighted by Crippen LogP contribution is -2.25. The number of hydrogen-bond donors (Lipinski definition) is 0. The summed E-state index contributed by atoms with van der Waals surface area (Å²) in [4.78, 5) is 0. The maximum Gasteiger partial charge on any atom is 0.201 e. The lowest BCUT2D eigenvalue weighted by molar-refractivity contribution is -0.000784. The third-order valence-corrected chi connectivity index (χ3v) is 7.08. The lowest BCUT2D eigenvalue weighted by Gasteiger charge is -2.29. The van der Waals surface area contributed by atoms with Gasteiger partial charge in [-0.3, -0.25) is 0 Å². The summed E-state index contributed by atoms with van der Waals surface area (Å²) in [5.41, 5.74) is 2.92. The number of allylic oxidation sites excluding steroid dienone is 1. The van der Waals surface area contributed by atoms with E-state index in [1.54, 1.807) is 30.3 Å². The van der Waals surface area contributed by atoms with Gasteiger partial charge in [0.1, 0.15) is 5.82 Å². The minimum absolute atomic E-state index is 0.0490. The molecule has 196 valence electrons. The summed E-state index contributed by atoms with van der Waals surface area (Å²) in [6, 6.07) is 15.3. The second-order valence-corrected chi connectivity index (χ2v) is 9.70. The minimum Gasteiger partial charge on any atom is -0.490 e. The number of ether oxygens (including phenoxy) is 2. The zero-order valence-electron chi connectivity index (χ0n) is 21.4. The molecule has 0 N–H and O–H groups in total. The van der Waals surface area contributed by atoms with Gasteiger partial charge >= 0.3 is 0 Å². The second-order valence-electron chi connectivity index (χ2n) is 9.70. The Morgan fingerprint density at radius 3 is 2.35 bits per heavy atom. The standard InChI is InChI=1S/C32H35F3O2/c1-3-5-7-19-36-30-18-17-28(31(34)32(30)35)23-11-9-22(10-12-23)24-14-16-27(29(33)20-24)25-13-15-26(37-21-25)8-6-4-2/h4,9-12,14,16-18,20,25-26H,2-3,5-8,13,15,19,21H2,1H3. The SMILES string of the molecule is C=CCCC1CCC(c2ccc(-c3ccc(-c4ccc(OCCCCC)c(F)c4F)cc3)cc2F)CO1. The van der Waals surface area contributed by atoms with Gasteiger partial charge < -0.3 is 9.47 Å².